The number of rotatable bonds is 6. The normalized spacial score (nSPS) is 22.6. The number of aliphatic hydroxyl groups excluding tert-OH is 1. The molecule has 1 fully saturated rings. The molecule has 1 saturated carbocycles. The highest BCUT2D eigenvalue weighted by Gasteiger charge is 2.20. The summed E-state index contributed by atoms with van der Waals surface area (Å²) in [6.07, 6.45) is 9.24. The first-order chi connectivity index (χ1) is 7.26. The Kier molecular flexibility index (Phi) is 6.26. The lowest BCUT2D eigenvalue weighted by atomic mass is 9.85. The summed E-state index contributed by atoms with van der Waals surface area (Å²) >= 11 is 0. The Bertz CT molecular complexity index is 153. The summed E-state index contributed by atoms with van der Waals surface area (Å²) in [5.41, 5.74) is 0. The zero-order valence-corrected chi connectivity index (χ0v) is 10.2. The van der Waals surface area contributed by atoms with Gasteiger partial charge in [0.05, 0.1) is 18.8 Å². The Morgan fingerprint density at radius 2 is 1.93 bits per heavy atom. The minimum absolute atomic E-state index is 0.0723. The Morgan fingerprint density at radius 1 is 1.27 bits per heavy atom. The maximum Gasteiger partial charge on any atom is 0.0812 e. The average Bonchev–Trinajstić information content (AvgIpc) is 2.29. The second-order valence-corrected chi connectivity index (χ2v) is 4.90. The summed E-state index contributed by atoms with van der Waals surface area (Å²) in [4.78, 5) is 0. The molecule has 0 heterocycles. The molecule has 0 amide bonds. The minimum atomic E-state index is 0.0723. The third-order valence-corrected chi connectivity index (χ3v) is 3.52. The number of hydrogen-bond acceptors (Lipinski definition) is 2. The van der Waals surface area contributed by atoms with Crippen LogP contribution in [0.1, 0.15) is 58.8 Å². The van der Waals surface area contributed by atoms with Crippen molar-refractivity contribution in [1.29, 1.82) is 0 Å². The van der Waals surface area contributed by atoms with E-state index in [0.717, 1.165) is 18.8 Å². The van der Waals surface area contributed by atoms with Gasteiger partial charge in [0.1, 0.15) is 0 Å². The van der Waals surface area contributed by atoms with E-state index in [4.69, 9.17) is 4.74 Å². The van der Waals surface area contributed by atoms with Crippen LogP contribution in [0.5, 0.6) is 0 Å². The van der Waals surface area contributed by atoms with Crippen LogP contribution in [-0.2, 0) is 4.74 Å². The van der Waals surface area contributed by atoms with Gasteiger partial charge in [-0.1, -0.05) is 39.0 Å². The zero-order chi connectivity index (χ0) is 11.1. The summed E-state index contributed by atoms with van der Waals surface area (Å²) in [6, 6.07) is 0. The maximum absolute atomic E-state index is 9.28. The van der Waals surface area contributed by atoms with Gasteiger partial charge in [0.25, 0.3) is 0 Å². The molecule has 0 aromatic carbocycles. The maximum atomic E-state index is 9.28. The molecular formula is C13H26O2. The Hall–Kier alpha value is -0.0800. The van der Waals surface area contributed by atoms with Gasteiger partial charge in [0, 0.05) is 0 Å². The van der Waals surface area contributed by atoms with E-state index in [-0.39, 0.29) is 18.8 Å². The van der Waals surface area contributed by atoms with Crippen molar-refractivity contribution >= 4 is 0 Å². The van der Waals surface area contributed by atoms with Crippen molar-refractivity contribution in [2.75, 3.05) is 6.61 Å². The molecule has 0 radical (unpaired) electrons. The van der Waals surface area contributed by atoms with E-state index in [0.29, 0.717) is 0 Å². The molecule has 1 aliphatic rings. The topological polar surface area (TPSA) is 29.5 Å². The largest absolute Gasteiger partial charge is 0.394 e. The summed E-state index contributed by atoms with van der Waals surface area (Å²) in [7, 11) is 0. The summed E-state index contributed by atoms with van der Waals surface area (Å²) < 4.78 is 5.80. The number of aliphatic hydroxyl groups is 1. The van der Waals surface area contributed by atoms with E-state index < -0.39 is 0 Å². The molecule has 90 valence electrons. The lowest BCUT2D eigenvalue weighted by Crippen LogP contribution is -2.26. The van der Waals surface area contributed by atoms with Crippen LogP contribution >= 0.6 is 0 Å². The average molecular weight is 214 g/mol. The van der Waals surface area contributed by atoms with Crippen LogP contribution in [0.4, 0.5) is 0 Å². The molecule has 0 bridgehead atoms. The first kappa shape index (κ1) is 13.0. The quantitative estimate of drug-likeness (QED) is 0.736. The van der Waals surface area contributed by atoms with Gasteiger partial charge in [0.15, 0.2) is 0 Å². The Morgan fingerprint density at radius 3 is 2.47 bits per heavy atom. The number of hydrogen-bond donors (Lipinski definition) is 1. The van der Waals surface area contributed by atoms with Crippen LogP contribution in [0, 0.1) is 5.92 Å². The van der Waals surface area contributed by atoms with E-state index in [1.165, 1.54) is 32.1 Å². The van der Waals surface area contributed by atoms with Crippen LogP contribution < -0.4 is 0 Å². The predicted molar refractivity (Wildman–Crippen MR) is 62.9 cm³/mol. The molecule has 0 aromatic heterocycles. The molecule has 15 heavy (non-hydrogen) atoms. The second kappa shape index (κ2) is 7.24. The molecule has 0 aromatic rings. The molecule has 2 unspecified atom stereocenters. The van der Waals surface area contributed by atoms with E-state index >= 15 is 0 Å². The van der Waals surface area contributed by atoms with Crippen molar-refractivity contribution in [3.63, 3.8) is 0 Å². The van der Waals surface area contributed by atoms with E-state index in [2.05, 4.69) is 13.8 Å². The van der Waals surface area contributed by atoms with Crippen LogP contribution in [0.2, 0.25) is 0 Å². The van der Waals surface area contributed by atoms with Gasteiger partial charge >= 0.3 is 0 Å². The highest BCUT2D eigenvalue weighted by molar-refractivity contribution is 4.71. The molecule has 0 spiro atoms. The lowest BCUT2D eigenvalue weighted by Gasteiger charge is -2.27. The lowest BCUT2D eigenvalue weighted by molar-refractivity contribution is -0.0455. The first-order valence-electron chi connectivity index (χ1n) is 6.52. The van der Waals surface area contributed by atoms with Gasteiger partial charge in [-0.05, 0) is 25.7 Å². The van der Waals surface area contributed by atoms with Crippen LogP contribution in [0.25, 0.3) is 0 Å². The van der Waals surface area contributed by atoms with Crippen LogP contribution in [0.15, 0.2) is 0 Å². The Balaban J connectivity index is 2.25. The Labute approximate surface area is 94.0 Å². The molecule has 1 N–H and O–H groups in total. The van der Waals surface area contributed by atoms with Crippen molar-refractivity contribution in [1.82, 2.24) is 0 Å². The number of ether oxygens (including phenoxy) is 1. The van der Waals surface area contributed by atoms with Crippen molar-refractivity contribution < 1.29 is 9.84 Å². The zero-order valence-electron chi connectivity index (χ0n) is 10.2. The predicted octanol–water partition coefficient (Wildman–Crippen LogP) is 3.13. The molecule has 1 rings (SSSR count). The highest BCUT2D eigenvalue weighted by atomic mass is 16.5. The molecule has 2 heteroatoms. The molecule has 2 atom stereocenters. The minimum Gasteiger partial charge on any atom is -0.394 e. The summed E-state index contributed by atoms with van der Waals surface area (Å²) in [5.74, 6) is 0.792. The monoisotopic (exact) mass is 214 g/mol. The second-order valence-electron chi connectivity index (χ2n) is 4.90. The fourth-order valence-electron chi connectivity index (χ4n) is 2.39. The fraction of sp³-hybridized carbons (Fsp3) is 1.00. The van der Waals surface area contributed by atoms with Gasteiger partial charge in [0.2, 0.25) is 0 Å². The standard InChI is InChI=1S/C13H26O2/c1-3-11(2)15-13(10-14)9-12-7-5-4-6-8-12/h11-14H,3-10H2,1-2H3. The highest BCUT2D eigenvalue weighted by Crippen LogP contribution is 2.28. The third-order valence-electron chi connectivity index (χ3n) is 3.52. The smallest absolute Gasteiger partial charge is 0.0812 e. The van der Waals surface area contributed by atoms with Gasteiger partial charge in [-0.3, -0.25) is 0 Å². The SMILES string of the molecule is CCC(C)OC(CO)CC1CCCCC1. The van der Waals surface area contributed by atoms with Gasteiger partial charge in [-0.2, -0.15) is 0 Å². The van der Waals surface area contributed by atoms with Crippen molar-refractivity contribution in [2.24, 2.45) is 5.92 Å². The molecule has 0 aliphatic heterocycles. The summed E-state index contributed by atoms with van der Waals surface area (Å²) in [5, 5.41) is 9.28. The molecule has 0 saturated heterocycles. The molecular weight excluding hydrogens is 188 g/mol. The molecule has 1 aliphatic carbocycles. The van der Waals surface area contributed by atoms with Gasteiger partial charge < -0.3 is 9.84 Å². The van der Waals surface area contributed by atoms with Crippen molar-refractivity contribution in [2.45, 2.75) is 71.0 Å². The molecule has 2 nitrogen and oxygen atoms in total. The van der Waals surface area contributed by atoms with E-state index in [1.54, 1.807) is 0 Å². The van der Waals surface area contributed by atoms with Crippen LogP contribution in [0.3, 0.4) is 0 Å². The van der Waals surface area contributed by atoms with Crippen molar-refractivity contribution in [3.8, 4) is 0 Å². The van der Waals surface area contributed by atoms with E-state index in [9.17, 15) is 5.11 Å². The third kappa shape index (κ3) is 4.98. The van der Waals surface area contributed by atoms with Gasteiger partial charge in [-0.15, -0.1) is 0 Å². The van der Waals surface area contributed by atoms with Crippen LogP contribution in [-0.4, -0.2) is 23.9 Å². The van der Waals surface area contributed by atoms with Gasteiger partial charge in [-0.25, -0.2) is 0 Å². The summed E-state index contributed by atoms with van der Waals surface area (Å²) in [6.45, 7) is 4.39. The van der Waals surface area contributed by atoms with Crippen molar-refractivity contribution in [3.05, 3.63) is 0 Å². The van der Waals surface area contributed by atoms with E-state index in [1.807, 2.05) is 0 Å². The fourth-order valence-corrected chi connectivity index (χ4v) is 2.39. The first-order valence-corrected chi connectivity index (χ1v) is 6.52.